The second-order valence-electron chi connectivity index (χ2n) is 6.96. The molecule has 1 N–H and O–H groups in total. The Morgan fingerprint density at radius 2 is 1.81 bits per heavy atom. The van der Waals surface area contributed by atoms with E-state index in [1.807, 2.05) is 38.2 Å². The molecule has 0 saturated carbocycles. The molecule has 1 unspecified atom stereocenters. The molecule has 1 aliphatic heterocycles. The molecular formula is C21H24N2O3. The van der Waals surface area contributed by atoms with E-state index >= 15 is 0 Å². The van der Waals surface area contributed by atoms with E-state index in [-0.39, 0.29) is 12.1 Å². The number of rotatable bonds is 3. The number of nitrogens with one attached hydrogen (secondary N) is 1. The van der Waals surface area contributed by atoms with E-state index in [1.54, 1.807) is 4.90 Å². The van der Waals surface area contributed by atoms with E-state index in [4.69, 9.17) is 9.47 Å². The average Bonchev–Trinajstić information content (AvgIpc) is 3.14. The molecule has 1 aliphatic carbocycles. The van der Waals surface area contributed by atoms with Gasteiger partial charge in [0.25, 0.3) is 0 Å². The first kappa shape index (κ1) is 16.8. The third kappa shape index (κ3) is 3.21. The summed E-state index contributed by atoms with van der Waals surface area (Å²) in [5.41, 5.74) is 4.63. The number of anilines is 1. The van der Waals surface area contributed by atoms with Gasteiger partial charge < -0.3 is 19.7 Å². The number of fused-ring (bicyclic) bond motifs is 2. The Bertz CT molecular complexity index is 834. The van der Waals surface area contributed by atoms with E-state index < -0.39 is 0 Å². The number of urea groups is 1. The van der Waals surface area contributed by atoms with E-state index in [1.165, 1.54) is 17.5 Å². The lowest BCUT2D eigenvalue weighted by molar-refractivity contribution is 0.170. The number of carbonyl (C=O) groups is 1. The number of aryl methyl sites for hydroxylation is 2. The highest BCUT2D eigenvalue weighted by atomic mass is 16.6. The zero-order valence-electron chi connectivity index (χ0n) is 15.2. The van der Waals surface area contributed by atoms with Gasteiger partial charge >= 0.3 is 6.03 Å². The Morgan fingerprint density at radius 3 is 2.65 bits per heavy atom. The molecule has 0 saturated heterocycles. The molecule has 0 fully saturated rings. The van der Waals surface area contributed by atoms with Crippen molar-refractivity contribution < 1.29 is 14.3 Å². The number of nitrogens with zero attached hydrogens (tertiary/aromatic N) is 1. The largest absolute Gasteiger partial charge is 0.486 e. The molecular weight excluding hydrogens is 328 g/mol. The highest BCUT2D eigenvalue weighted by Gasteiger charge is 2.21. The first-order chi connectivity index (χ1) is 12.6. The lowest BCUT2D eigenvalue weighted by Gasteiger charge is -2.27. The summed E-state index contributed by atoms with van der Waals surface area (Å²) < 4.78 is 11.2. The van der Waals surface area contributed by atoms with Gasteiger partial charge in [-0.3, -0.25) is 0 Å². The third-order valence-corrected chi connectivity index (χ3v) is 5.30. The molecule has 2 amide bonds. The number of carbonyl (C=O) groups excluding carboxylic acids is 1. The summed E-state index contributed by atoms with van der Waals surface area (Å²) in [5.74, 6) is 1.51. The minimum absolute atomic E-state index is 0.0831. The fourth-order valence-corrected chi connectivity index (χ4v) is 3.58. The molecule has 5 heteroatoms. The van der Waals surface area contributed by atoms with E-state index in [9.17, 15) is 4.79 Å². The van der Waals surface area contributed by atoms with Crippen molar-refractivity contribution in [3.05, 3.63) is 53.1 Å². The van der Waals surface area contributed by atoms with Gasteiger partial charge in [0.05, 0.1) is 6.04 Å². The van der Waals surface area contributed by atoms with Gasteiger partial charge in [0.1, 0.15) is 13.2 Å². The molecule has 5 nitrogen and oxygen atoms in total. The fourth-order valence-electron chi connectivity index (χ4n) is 3.58. The monoisotopic (exact) mass is 352 g/mol. The second kappa shape index (κ2) is 6.90. The Hall–Kier alpha value is -2.69. The van der Waals surface area contributed by atoms with Crippen molar-refractivity contribution in [2.75, 3.05) is 25.6 Å². The predicted molar refractivity (Wildman–Crippen MR) is 101 cm³/mol. The van der Waals surface area contributed by atoms with Gasteiger partial charge in [0.2, 0.25) is 0 Å². The van der Waals surface area contributed by atoms with Crippen molar-refractivity contribution in [1.29, 1.82) is 0 Å². The quantitative estimate of drug-likeness (QED) is 0.902. The van der Waals surface area contributed by atoms with Crippen LogP contribution in [0.1, 0.15) is 36.1 Å². The van der Waals surface area contributed by atoms with Crippen LogP contribution in [-0.2, 0) is 12.8 Å². The Kier molecular flexibility index (Phi) is 4.45. The molecule has 0 spiro atoms. The van der Waals surface area contributed by atoms with Crippen LogP contribution in [-0.4, -0.2) is 31.2 Å². The highest BCUT2D eigenvalue weighted by molar-refractivity contribution is 5.89. The smallest absolute Gasteiger partial charge is 0.322 e. The zero-order valence-corrected chi connectivity index (χ0v) is 15.2. The number of hydrogen-bond donors (Lipinski definition) is 1. The minimum Gasteiger partial charge on any atom is -0.486 e. The van der Waals surface area contributed by atoms with Gasteiger partial charge in [-0.1, -0.05) is 12.1 Å². The molecule has 0 radical (unpaired) electrons. The Balaban J connectivity index is 1.46. The van der Waals surface area contributed by atoms with Crippen LogP contribution < -0.4 is 14.8 Å². The van der Waals surface area contributed by atoms with E-state index in [2.05, 4.69) is 17.4 Å². The summed E-state index contributed by atoms with van der Waals surface area (Å²) in [6.07, 6.45) is 3.45. The van der Waals surface area contributed by atoms with Crippen molar-refractivity contribution in [3.63, 3.8) is 0 Å². The first-order valence-electron chi connectivity index (χ1n) is 9.17. The van der Waals surface area contributed by atoms with Gasteiger partial charge in [-0.25, -0.2) is 4.79 Å². The molecule has 2 aromatic rings. The van der Waals surface area contributed by atoms with Crippen molar-refractivity contribution >= 4 is 11.7 Å². The van der Waals surface area contributed by atoms with Gasteiger partial charge in [-0.15, -0.1) is 0 Å². The summed E-state index contributed by atoms with van der Waals surface area (Å²) in [5, 5.41) is 3.02. The molecule has 0 aromatic heterocycles. The van der Waals surface area contributed by atoms with E-state index in [0.717, 1.165) is 35.6 Å². The maximum Gasteiger partial charge on any atom is 0.322 e. The van der Waals surface area contributed by atoms with Crippen LogP contribution in [0.3, 0.4) is 0 Å². The van der Waals surface area contributed by atoms with Crippen molar-refractivity contribution in [3.8, 4) is 11.5 Å². The zero-order chi connectivity index (χ0) is 18.1. The minimum atomic E-state index is -0.120. The maximum absolute atomic E-state index is 12.7. The van der Waals surface area contributed by atoms with Crippen molar-refractivity contribution in [2.24, 2.45) is 0 Å². The second-order valence-corrected chi connectivity index (χ2v) is 6.96. The number of ether oxygens (including phenoxy) is 2. The molecule has 2 aliphatic rings. The molecule has 26 heavy (non-hydrogen) atoms. The van der Waals surface area contributed by atoms with Gasteiger partial charge in [0, 0.05) is 12.7 Å². The standard InChI is InChI=1S/C21H24N2O3/c1-14(16-7-9-19-20(13-16)26-11-10-25-19)23(2)21(24)22-18-8-6-15-4-3-5-17(15)12-18/h6-9,12-14H,3-5,10-11H2,1-2H3,(H,22,24). The summed E-state index contributed by atoms with van der Waals surface area (Å²) in [6, 6.07) is 11.9. The van der Waals surface area contributed by atoms with Crippen LogP contribution in [0.25, 0.3) is 0 Å². The fraction of sp³-hybridized carbons (Fsp3) is 0.381. The summed E-state index contributed by atoms with van der Waals surface area (Å²) in [4.78, 5) is 14.4. The third-order valence-electron chi connectivity index (χ3n) is 5.30. The van der Waals surface area contributed by atoms with Gasteiger partial charge in [-0.05, 0) is 67.1 Å². The molecule has 4 rings (SSSR count). The van der Waals surface area contributed by atoms with Gasteiger partial charge in [-0.2, -0.15) is 0 Å². The van der Waals surface area contributed by atoms with Crippen LogP contribution in [0.5, 0.6) is 11.5 Å². The SMILES string of the molecule is CC(c1ccc2c(c1)OCCO2)N(C)C(=O)Nc1ccc2c(c1)CCC2. The van der Waals surface area contributed by atoms with Crippen LogP contribution in [0.2, 0.25) is 0 Å². The van der Waals surface area contributed by atoms with Crippen LogP contribution in [0, 0.1) is 0 Å². The normalized spacial score (nSPS) is 15.9. The Labute approximate surface area is 153 Å². The lowest BCUT2D eigenvalue weighted by Crippen LogP contribution is -2.33. The molecule has 136 valence electrons. The lowest BCUT2D eigenvalue weighted by atomic mass is 10.1. The molecule has 1 heterocycles. The van der Waals surface area contributed by atoms with Crippen LogP contribution >= 0.6 is 0 Å². The Morgan fingerprint density at radius 1 is 1.04 bits per heavy atom. The summed E-state index contributed by atoms with van der Waals surface area (Å²) >= 11 is 0. The van der Waals surface area contributed by atoms with Crippen molar-refractivity contribution in [1.82, 2.24) is 4.90 Å². The van der Waals surface area contributed by atoms with Gasteiger partial charge in [0.15, 0.2) is 11.5 Å². The highest BCUT2D eigenvalue weighted by Crippen LogP contribution is 2.34. The predicted octanol–water partition coefficient (Wildman–Crippen LogP) is 4.17. The maximum atomic E-state index is 12.7. The first-order valence-corrected chi connectivity index (χ1v) is 9.17. The molecule has 2 aromatic carbocycles. The number of amides is 2. The molecule has 1 atom stereocenters. The number of benzene rings is 2. The molecule has 0 bridgehead atoms. The van der Waals surface area contributed by atoms with Crippen molar-refractivity contribution in [2.45, 2.75) is 32.2 Å². The van der Waals surface area contributed by atoms with Crippen LogP contribution in [0.4, 0.5) is 10.5 Å². The average molecular weight is 352 g/mol. The summed E-state index contributed by atoms with van der Waals surface area (Å²) in [7, 11) is 1.81. The topological polar surface area (TPSA) is 50.8 Å². The van der Waals surface area contributed by atoms with E-state index in [0.29, 0.717) is 13.2 Å². The number of hydrogen-bond acceptors (Lipinski definition) is 3. The summed E-state index contributed by atoms with van der Waals surface area (Å²) in [6.45, 7) is 3.14. The van der Waals surface area contributed by atoms with Crippen LogP contribution in [0.15, 0.2) is 36.4 Å².